The number of nitrogens with zero attached hydrogens (tertiary/aromatic N) is 4. The molecule has 1 fully saturated rings. The molecule has 0 atom stereocenters. The van der Waals surface area contributed by atoms with Crippen molar-refractivity contribution in [1.29, 1.82) is 0 Å². The molecule has 184 valence electrons. The van der Waals surface area contributed by atoms with Gasteiger partial charge in [0.25, 0.3) is 5.91 Å². The summed E-state index contributed by atoms with van der Waals surface area (Å²) in [5.41, 5.74) is 1.70. The molecule has 0 bridgehead atoms. The zero-order valence-corrected chi connectivity index (χ0v) is 19.9. The third kappa shape index (κ3) is 5.42. The van der Waals surface area contributed by atoms with Gasteiger partial charge in [-0.3, -0.25) is 14.5 Å². The van der Waals surface area contributed by atoms with Crippen molar-refractivity contribution in [3.05, 3.63) is 88.8 Å². The molecule has 2 aromatic heterocycles. The summed E-state index contributed by atoms with van der Waals surface area (Å²) in [4.78, 5) is 37.6. The van der Waals surface area contributed by atoms with Crippen LogP contribution in [0.3, 0.4) is 0 Å². The first-order chi connectivity index (χ1) is 17.7. The van der Waals surface area contributed by atoms with Gasteiger partial charge < -0.3 is 19.9 Å². The fourth-order valence-corrected chi connectivity index (χ4v) is 4.19. The van der Waals surface area contributed by atoms with E-state index in [2.05, 4.69) is 25.5 Å². The zero-order valence-electron chi connectivity index (χ0n) is 19.9. The first-order valence-electron chi connectivity index (χ1n) is 12.1. The molecule has 0 aliphatic carbocycles. The van der Waals surface area contributed by atoms with Gasteiger partial charge in [0, 0.05) is 43.4 Å². The molecule has 4 aromatic rings. The Morgan fingerprint density at radius 1 is 1.00 bits per heavy atom. The van der Waals surface area contributed by atoms with Crippen LogP contribution >= 0.6 is 0 Å². The topological polar surface area (TPSA) is 101 Å². The number of fused-ring (bicyclic) bond motifs is 1. The van der Waals surface area contributed by atoms with Crippen LogP contribution in [0, 0.1) is 0 Å². The lowest BCUT2D eigenvalue weighted by atomic mass is 10.2. The first kappa shape index (κ1) is 23.7. The molecule has 2 N–H and O–H groups in total. The van der Waals surface area contributed by atoms with Gasteiger partial charge in [-0.05, 0) is 37.2 Å². The van der Waals surface area contributed by atoms with Crippen LogP contribution in [0.1, 0.15) is 16.8 Å². The van der Waals surface area contributed by atoms with Crippen molar-refractivity contribution < 1.29 is 9.53 Å². The largest absolute Gasteiger partial charge is 0.379 e. The second kappa shape index (κ2) is 11.1. The second-order valence-electron chi connectivity index (χ2n) is 8.56. The quantitative estimate of drug-likeness (QED) is 0.371. The third-order valence-corrected chi connectivity index (χ3v) is 6.09. The molecular formula is C27H28N6O3. The van der Waals surface area contributed by atoms with E-state index in [0.717, 1.165) is 50.6 Å². The molecule has 36 heavy (non-hydrogen) atoms. The SMILES string of the molecule is O=C(NCCCN1CCOCC1)c1cn(-c2ccccc2)c2nc(Nc3ccccc3)ncc2c1=O. The lowest BCUT2D eigenvalue weighted by molar-refractivity contribution is 0.0374. The van der Waals surface area contributed by atoms with Gasteiger partial charge in [0.1, 0.15) is 5.56 Å². The molecule has 3 heterocycles. The number of aromatic nitrogens is 3. The Morgan fingerprint density at radius 3 is 2.47 bits per heavy atom. The molecule has 1 aliphatic heterocycles. The maximum atomic E-state index is 13.3. The van der Waals surface area contributed by atoms with Gasteiger partial charge in [-0.2, -0.15) is 4.98 Å². The van der Waals surface area contributed by atoms with E-state index in [4.69, 9.17) is 4.74 Å². The Balaban J connectivity index is 1.42. The molecule has 9 nitrogen and oxygen atoms in total. The molecule has 1 aliphatic rings. The number of ether oxygens (including phenoxy) is 1. The fourth-order valence-electron chi connectivity index (χ4n) is 4.19. The smallest absolute Gasteiger partial charge is 0.256 e. The average molecular weight is 485 g/mol. The van der Waals surface area contributed by atoms with Crippen LogP contribution in [0.4, 0.5) is 11.6 Å². The minimum absolute atomic E-state index is 0.0603. The van der Waals surface area contributed by atoms with E-state index in [0.29, 0.717) is 18.1 Å². The Hall–Kier alpha value is -4.08. The van der Waals surface area contributed by atoms with Crippen molar-refractivity contribution in [3.8, 4) is 5.69 Å². The Bertz CT molecular complexity index is 1390. The molecule has 5 rings (SSSR count). The molecule has 0 unspecified atom stereocenters. The lowest BCUT2D eigenvalue weighted by Crippen LogP contribution is -2.38. The number of hydrogen-bond acceptors (Lipinski definition) is 7. The highest BCUT2D eigenvalue weighted by Gasteiger charge is 2.18. The van der Waals surface area contributed by atoms with Gasteiger partial charge >= 0.3 is 0 Å². The lowest BCUT2D eigenvalue weighted by Gasteiger charge is -2.26. The molecule has 0 radical (unpaired) electrons. The van der Waals surface area contributed by atoms with E-state index in [1.807, 2.05) is 60.7 Å². The molecule has 9 heteroatoms. The molecule has 1 saturated heterocycles. The van der Waals surface area contributed by atoms with Crippen molar-refractivity contribution in [2.45, 2.75) is 6.42 Å². The number of nitrogens with one attached hydrogen (secondary N) is 2. The van der Waals surface area contributed by atoms with E-state index < -0.39 is 11.3 Å². The predicted molar refractivity (Wildman–Crippen MR) is 139 cm³/mol. The summed E-state index contributed by atoms with van der Waals surface area (Å²) in [6.07, 6.45) is 3.84. The highest BCUT2D eigenvalue weighted by Crippen LogP contribution is 2.19. The highest BCUT2D eigenvalue weighted by atomic mass is 16.5. The van der Waals surface area contributed by atoms with Gasteiger partial charge in [-0.25, -0.2) is 4.98 Å². The number of carbonyl (C=O) groups excluding carboxylic acids is 1. The Morgan fingerprint density at radius 2 is 1.72 bits per heavy atom. The van der Waals surface area contributed by atoms with Gasteiger partial charge in [0.15, 0.2) is 5.65 Å². The molecular weight excluding hydrogens is 456 g/mol. The van der Waals surface area contributed by atoms with Crippen LogP contribution in [0.5, 0.6) is 0 Å². The number of pyridine rings is 1. The minimum Gasteiger partial charge on any atom is -0.379 e. The number of para-hydroxylation sites is 2. The molecule has 0 spiro atoms. The van der Waals surface area contributed by atoms with Crippen molar-refractivity contribution in [3.63, 3.8) is 0 Å². The summed E-state index contributed by atoms with van der Waals surface area (Å²) in [6.45, 7) is 4.65. The second-order valence-corrected chi connectivity index (χ2v) is 8.56. The molecule has 2 aromatic carbocycles. The Kier molecular flexibility index (Phi) is 7.30. The van der Waals surface area contributed by atoms with Gasteiger partial charge in [-0.15, -0.1) is 0 Å². The van der Waals surface area contributed by atoms with Crippen LogP contribution < -0.4 is 16.1 Å². The van der Waals surface area contributed by atoms with E-state index in [1.54, 1.807) is 10.8 Å². The maximum absolute atomic E-state index is 13.3. The van der Waals surface area contributed by atoms with Crippen LogP contribution in [-0.4, -0.2) is 64.7 Å². The van der Waals surface area contributed by atoms with E-state index in [9.17, 15) is 9.59 Å². The number of morpholine rings is 1. The highest BCUT2D eigenvalue weighted by molar-refractivity contribution is 5.97. The summed E-state index contributed by atoms with van der Waals surface area (Å²) in [6, 6.07) is 19.1. The summed E-state index contributed by atoms with van der Waals surface area (Å²) >= 11 is 0. The number of hydrogen-bond donors (Lipinski definition) is 2. The fraction of sp³-hybridized carbons (Fsp3) is 0.259. The molecule has 0 saturated carbocycles. The van der Waals surface area contributed by atoms with Gasteiger partial charge in [-0.1, -0.05) is 36.4 Å². The Labute approximate surface area is 208 Å². The number of rotatable bonds is 8. The summed E-state index contributed by atoms with van der Waals surface area (Å²) in [7, 11) is 0. The number of carbonyl (C=O) groups is 1. The minimum atomic E-state index is -0.403. The first-order valence-corrected chi connectivity index (χ1v) is 12.1. The van der Waals surface area contributed by atoms with E-state index in [1.165, 1.54) is 6.20 Å². The van der Waals surface area contributed by atoms with Gasteiger partial charge in [0.05, 0.1) is 18.6 Å². The molecule has 1 amide bonds. The van der Waals surface area contributed by atoms with Crippen molar-refractivity contribution >= 4 is 28.6 Å². The third-order valence-electron chi connectivity index (χ3n) is 6.09. The van der Waals surface area contributed by atoms with E-state index in [-0.39, 0.29) is 10.9 Å². The predicted octanol–water partition coefficient (Wildman–Crippen LogP) is 2.98. The van der Waals surface area contributed by atoms with Crippen LogP contribution in [-0.2, 0) is 4.74 Å². The van der Waals surface area contributed by atoms with E-state index >= 15 is 0 Å². The van der Waals surface area contributed by atoms with Crippen molar-refractivity contribution in [1.82, 2.24) is 24.8 Å². The normalized spacial score (nSPS) is 14.0. The van der Waals surface area contributed by atoms with Crippen molar-refractivity contribution in [2.75, 3.05) is 44.7 Å². The van der Waals surface area contributed by atoms with Crippen LogP contribution in [0.2, 0.25) is 0 Å². The summed E-state index contributed by atoms with van der Waals surface area (Å²) < 4.78 is 7.13. The standard InChI is InChI=1S/C27H28N6O3/c34-24-22-18-29-27(30-20-8-3-1-4-9-20)31-25(22)33(21-10-5-2-6-11-21)19-23(24)26(35)28-12-7-13-32-14-16-36-17-15-32/h1-6,8-11,18-19H,7,12-17H2,(H,28,35)(H,29,30,31). The van der Waals surface area contributed by atoms with Gasteiger partial charge in [0.2, 0.25) is 11.4 Å². The average Bonchev–Trinajstić information content (AvgIpc) is 2.93. The summed E-state index contributed by atoms with van der Waals surface area (Å²) in [5.74, 6) is -0.0434. The monoisotopic (exact) mass is 484 g/mol. The number of amides is 1. The van der Waals surface area contributed by atoms with Crippen LogP contribution in [0.25, 0.3) is 16.7 Å². The number of anilines is 2. The maximum Gasteiger partial charge on any atom is 0.256 e. The van der Waals surface area contributed by atoms with Crippen LogP contribution in [0.15, 0.2) is 77.9 Å². The zero-order chi connectivity index (χ0) is 24.7. The summed E-state index contributed by atoms with van der Waals surface area (Å²) in [5, 5.41) is 6.34. The van der Waals surface area contributed by atoms with Crippen molar-refractivity contribution in [2.24, 2.45) is 0 Å². The number of benzene rings is 2.